The summed E-state index contributed by atoms with van der Waals surface area (Å²) in [6, 6.07) is 3.38. The fourth-order valence-corrected chi connectivity index (χ4v) is 2.19. The first kappa shape index (κ1) is 12.5. The minimum absolute atomic E-state index is 0.126. The van der Waals surface area contributed by atoms with Crippen LogP contribution < -0.4 is 0 Å². The van der Waals surface area contributed by atoms with Gasteiger partial charge in [0.2, 0.25) is 5.82 Å². The molecule has 0 bridgehead atoms. The Morgan fingerprint density at radius 3 is 2.83 bits per heavy atom. The second-order valence-corrected chi connectivity index (χ2v) is 4.41. The zero-order valence-electron chi connectivity index (χ0n) is 9.93. The predicted molar refractivity (Wildman–Crippen MR) is 62.8 cm³/mol. The molecule has 2 rings (SSSR count). The van der Waals surface area contributed by atoms with E-state index in [-0.39, 0.29) is 17.5 Å². The maximum absolute atomic E-state index is 13.2. The van der Waals surface area contributed by atoms with Gasteiger partial charge in [-0.1, -0.05) is 0 Å². The zero-order valence-corrected chi connectivity index (χ0v) is 9.93. The summed E-state index contributed by atoms with van der Waals surface area (Å²) >= 11 is 0. The van der Waals surface area contributed by atoms with Crippen LogP contribution in [0, 0.1) is 15.9 Å². The van der Waals surface area contributed by atoms with Crippen LogP contribution in [0.15, 0.2) is 18.2 Å². The van der Waals surface area contributed by atoms with Crippen molar-refractivity contribution in [2.75, 3.05) is 6.54 Å². The van der Waals surface area contributed by atoms with Gasteiger partial charge in [-0.2, -0.15) is 4.39 Å². The predicted octanol–water partition coefficient (Wildman–Crippen LogP) is 2.36. The fraction of sp³-hybridized carbons (Fsp3) is 0.417. The summed E-state index contributed by atoms with van der Waals surface area (Å²) in [6.45, 7) is 2.58. The molecule has 1 aromatic rings. The third-order valence-corrected chi connectivity index (χ3v) is 3.20. The van der Waals surface area contributed by atoms with E-state index in [1.54, 1.807) is 4.90 Å². The van der Waals surface area contributed by atoms with Crippen LogP contribution in [0.2, 0.25) is 0 Å². The normalized spacial score (nSPS) is 19.0. The Morgan fingerprint density at radius 2 is 2.28 bits per heavy atom. The van der Waals surface area contributed by atoms with E-state index >= 15 is 0 Å². The van der Waals surface area contributed by atoms with Crippen molar-refractivity contribution >= 4 is 11.6 Å². The average molecular weight is 252 g/mol. The van der Waals surface area contributed by atoms with Crippen LogP contribution in [-0.2, 0) is 0 Å². The molecular formula is C12H13FN2O3. The highest BCUT2D eigenvalue weighted by Gasteiger charge is 2.27. The van der Waals surface area contributed by atoms with Crippen molar-refractivity contribution in [3.8, 4) is 0 Å². The van der Waals surface area contributed by atoms with Gasteiger partial charge in [0.25, 0.3) is 5.91 Å². The molecule has 1 aliphatic heterocycles. The quantitative estimate of drug-likeness (QED) is 0.599. The second kappa shape index (κ2) is 4.72. The molecule has 6 heteroatoms. The highest BCUT2D eigenvalue weighted by Crippen LogP contribution is 2.23. The first-order valence-electron chi connectivity index (χ1n) is 5.75. The van der Waals surface area contributed by atoms with E-state index in [4.69, 9.17) is 0 Å². The number of likely N-dealkylation sites (tertiary alicyclic amines) is 1. The Hall–Kier alpha value is -1.98. The molecule has 5 nitrogen and oxygen atoms in total. The van der Waals surface area contributed by atoms with E-state index in [1.807, 2.05) is 6.92 Å². The third kappa shape index (κ3) is 2.18. The summed E-state index contributed by atoms with van der Waals surface area (Å²) in [6.07, 6.45) is 1.85. The maximum Gasteiger partial charge on any atom is 0.305 e. The van der Waals surface area contributed by atoms with Crippen molar-refractivity contribution in [3.05, 3.63) is 39.7 Å². The van der Waals surface area contributed by atoms with Crippen LogP contribution in [0.3, 0.4) is 0 Å². The van der Waals surface area contributed by atoms with Gasteiger partial charge in [-0.3, -0.25) is 14.9 Å². The van der Waals surface area contributed by atoms with Crippen LogP contribution in [-0.4, -0.2) is 28.3 Å². The van der Waals surface area contributed by atoms with Gasteiger partial charge in [0.1, 0.15) is 0 Å². The van der Waals surface area contributed by atoms with E-state index in [9.17, 15) is 19.3 Å². The Kier molecular flexibility index (Phi) is 3.27. The van der Waals surface area contributed by atoms with Gasteiger partial charge in [0, 0.05) is 24.2 Å². The van der Waals surface area contributed by atoms with E-state index in [0.29, 0.717) is 6.54 Å². The topological polar surface area (TPSA) is 63.5 Å². The molecule has 1 amide bonds. The molecule has 1 unspecified atom stereocenters. The molecule has 1 saturated heterocycles. The van der Waals surface area contributed by atoms with Crippen molar-refractivity contribution in [1.29, 1.82) is 0 Å². The largest absolute Gasteiger partial charge is 0.336 e. The number of hydrogen-bond acceptors (Lipinski definition) is 3. The first-order chi connectivity index (χ1) is 8.50. The molecule has 1 atom stereocenters. The molecule has 0 aromatic heterocycles. The Morgan fingerprint density at radius 1 is 1.56 bits per heavy atom. The van der Waals surface area contributed by atoms with Gasteiger partial charge in [0.15, 0.2) is 0 Å². The molecule has 18 heavy (non-hydrogen) atoms. The van der Waals surface area contributed by atoms with Crippen molar-refractivity contribution in [2.24, 2.45) is 0 Å². The molecular weight excluding hydrogens is 239 g/mol. The zero-order chi connectivity index (χ0) is 13.3. The minimum atomic E-state index is -0.925. The summed E-state index contributed by atoms with van der Waals surface area (Å²) in [5.41, 5.74) is -0.496. The highest BCUT2D eigenvalue weighted by atomic mass is 19.1. The van der Waals surface area contributed by atoms with Crippen LogP contribution >= 0.6 is 0 Å². The number of benzene rings is 1. The molecule has 1 aliphatic rings. The fourth-order valence-electron chi connectivity index (χ4n) is 2.19. The van der Waals surface area contributed by atoms with Gasteiger partial charge in [0.05, 0.1) is 4.92 Å². The van der Waals surface area contributed by atoms with E-state index in [1.165, 1.54) is 6.07 Å². The van der Waals surface area contributed by atoms with Gasteiger partial charge < -0.3 is 4.90 Å². The summed E-state index contributed by atoms with van der Waals surface area (Å²) in [5, 5.41) is 10.6. The second-order valence-electron chi connectivity index (χ2n) is 4.41. The Balaban J connectivity index is 2.31. The number of nitrogens with zero attached hydrogens (tertiary/aromatic N) is 2. The van der Waals surface area contributed by atoms with Crippen molar-refractivity contribution < 1.29 is 14.1 Å². The van der Waals surface area contributed by atoms with Crippen molar-refractivity contribution in [3.63, 3.8) is 0 Å². The number of halogens is 1. The van der Waals surface area contributed by atoms with Crippen molar-refractivity contribution in [2.45, 2.75) is 25.8 Å². The van der Waals surface area contributed by atoms with Crippen LogP contribution in [0.5, 0.6) is 0 Å². The summed E-state index contributed by atoms with van der Waals surface area (Å²) < 4.78 is 13.2. The van der Waals surface area contributed by atoms with Gasteiger partial charge in [-0.25, -0.2) is 0 Å². The average Bonchev–Trinajstić information content (AvgIpc) is 2.75. The Labute approximate surface area is 103 Å². The molecule has 1 aromatic carbocycles. The van der Waals surface area contributed by atoms with Crippen LogP contribution in [0.25, 0.3) is 0 Å². The van der Waals surface area contributed by atoms with Gasteiger partial charge in [-0.05, 0) is 31.9 Å². The lowest BCUT2D eigenvalue weighted by Gasteiger charge is -2.21. The SMILES string of the molecule is CC1CCCN1C(=O)c1ccc(F)c([N+](=O)[O-])c1. The van der Waals surface area contributed by atoms with Crippen LogP contribution in [0.4, 0.5) is 10.1 Å². The number of nitro groups is 1. The third-order valence-electron chi connectivity index (χ3n) is 3.20. The molecule has 0 radical (unpaired) electrons. The van der Waals surface area contributed by atoms with Gasteiger partial charge >= 0.3 is 5.69 Å². The first-order valence-corrected chi connectivity index (χ1v) is 5.75. The molecule has 1 heterocycles. The van der Waals surface area contributed by atoms with Crippen LogP contribution in [0.1, 0.15) is 30.1 Å². The molecule has 0 saturated carbocycles. The number of hydrogen-bond donors (Lipinski definition) is 0. The number of rotatable bonds is 2. The monoisotopic (exact) mass is 252 g/mol. The molecule has 1 fully saturated rings. The number of amides is 1. The van der Waals surface area contributed by atoms with Gasteiger partial charge in [-0.15, -0.1) is 0 Å². The lowest BCUT2D eigenvalue weighted by molar-refractivity contribution is -0.387. The number of nitro benzene ring substituents is 1. The van der Waals surface area contributed by atoms with E-state index < -0.39 is 16.4 Å². The Bertz CT molecular complexity index is 504. The lowest BCUT2D eigenvalue weighted by Crippen LogP contribution is -2.33. The summed E-state index contributed by atoms with van der Waals surface area (Å²) in [7, 11) is 0. The molecule has 96 valence electrons. The lowest BCUT2D eigenvalue weighted by atomic mass is 10.1. The standard InChI is InChI=1S/C12H13FN2O3/c1-8-3-2-6-14(8)12(16)9-4-5-10(13)11(7-9)15(17)18/h4-5,7-8H,2-3,6H2,1H3. The minimum Gasteiger partial charge on any atom is -0.336 e. The summed E-state index contributed by atoms with van der Waals surface area (Å²) in [4.78, 5) is 23.6. The highest BCUT2D eigenvalue weighted by molar-refractivity contribution is 5.95. The molecule has 0 aliphatic carbocycles. The molecule has 0 N–H and O–H groups in total. The molecule has 0 spiro atoms. The maximum atomic E-state index is 13.2. The number of carbonyl (C=O) groups excluding carboxylic acids is 1. The number of carbonyl (C=O) groups is 1. The summed E-state index contributed by atoms with van der Waals surface area (Å²) in [5.74, 6) is -1.20. The van der Waals surface area contributed by atoms with E-state index in [2.05, 4.69) is 0 Å². The van der Waals surface area contributed by atoms with E-state index in [0.717, 1.165) is 25.0 Å². The van der Waals surface area contributed by atoms with Crippen molar-refractivity contribution in [1.82, 2.24) is 4.90 Å². The smallest absolute Gasteiger partial charge is 0.305 e.